The number of anilines is 1. The van der Waals surface area contributed by atoms with Crippen molar-refractivity contribution in [3.63, 3.8) is 0 Å². The van der Waals surface area contributed by atoms with E-state index in [0.717, 1.165) is 0 Å². The Morgan fingerprint density at radius 3 is 2.57 bits per heavy atom. The number of nitrogens with zero attached hydrogens (tertiary/aromatic N) is 2. The number of piperidine rings is 1. The zero-order chi connectivity index (χ0) is 17.1. The molecule has 1 aromatic rings. The summed E-state index contributed by atoms with van der Waals surface area (Å²) in [6.45, 7) is 6.30. The molecule has 1 fully saturated rings. The minimum atomic E-state index is -0.799. The molecule has 6 heteroatoms. The molecule has 5 nitrogen and oxygen atoms in total. The number of nitriles is 1. The first-order valence-corrected chi connectivity index (χ1v) is 7.66. The van der Waals surface area contributed by atoms with Crippen molar-refractivity contribution in [2.45, 2.75) is 44.8 Å². The second kappa shape index (κ2) is 6.45. The molecule has 23 heavy (non-hydrogen) atoms. The monoisotopic (exact) mass is 319 g/mol. The van der Waals surface area contributed by atoms with E-state index in [0.29, 0.717) is 31.6 Å². The number of hydrogen-bond acceptors (Lipinski definition) is 4. The van der Waals surface area contributed by atoms with E-state index in [-0.39, 0.29) is 11.9 Å². The molecule has 0 bridgehead atoms. The Kier molecular flexibility index (Phi) is 4.79. The van der Waals surface area contributed by atoms with Gasteiger partial charge in [-0.05, 0) is 39.0 Å². The van der Waals surface area contributed by atoms with Crippen LogP contribution < -0.4 is 5.32 Å². The first-order chi connectivity index (χ1) is 10.7. The lowest BCUT2D eigenvalue weighted by Crippen LogP contribution is -2.51. The minimum absolute atomic E-state index is 0.353. The van der Waals surface area contributed by atoms with Crippen LogP contribution in [0.15, 0.2) is 24.3 Å². The molecule has 2 rings (SSSR count). The Balaban J connectivity index is 2.00. The van der Waals surface area contributed by atoms with E-state index in [9.17, 15) is 14.4 Å². The van der Waals surface area contributed by atoms with Gasteiger partial charge in [0.05, 0.1) is 6.07 Å². The SMILES string of the molecule is CC(C)(C)OC(=O)N1CCC(C#N)(Nc2cccc(F)c2)CC1. The van der Waals surface area contributed by atoms with Crippen molar-refractivity contribution in [3.05, 3.63) is 30.1 Å². The lowest BCUT2D eigenvalue weighted by molar-refractivity contribution is 0.0195. The lowest BCUT2D eigenvalue weighted by Gasteiger charge is -2.38. The molecule has 124 valence electrons. The number of nitrogens with one attached hydrogen (secondary N) is 1. The van der Waals surface area contributed by atoms with Gasteiger partial charge < -0.3 is 15.0 Å². The number of carbonyl (C=O) groups excluding carboxylic acids is 1. The van der Waals surface area contributed by atoms with Crippen molar-refractivity contribution < 1.29 is 13.9 Å². The Morgan fingerprint density at radius 1 is 1.39 bits per heavy atom. The van der Waals surface area contributed by atoms with Gasteiger partial charge in [-0.15, -0.1) is 0 Å². The van der Waals surface area contributed by atoms with E-state index in [1.54, 1.807) is 17.0 Å². The van der Waals surface area contributed by atoms with Crippen LogP contribution in [-0.4, -0.2) is 35.2 Å². The molecule has 0 spiro atoms. The van der Waals surface area contributed by atoms with Crippen molar-refractivity contribution in [3.8, 4) is 6.07 Å². The number of amides is 1. The van der Waals surface area contributed by atoms with E-state index in [2.05, 4.69) is 11.4 Å². The molecule has 1 aromatic carbocycles. The molecular formula is C17H22FN3O2. The number of likely N-dealkylation sites (tertiary alicyclic amines) is 1. The summed E-state index contributed by atoms with van der Waals surface area (Å²) in [6.07, 6.45) is 0.549. The summed E-state index contributed by atoms with van der Waals surface area (Å²) < 4.78 is 18.6. The van der Waals surface area contributed by atoms with E-state index >= 15 is 0 Å². The van der Waals surface area contributed by atoms with Gasteiger partial charge in [-0.1, -0.05) is 6.07 Å². The van der Waals surface area contributed by atoms with Crippen LogP contribution in [0.4, 0.5) is 14.9 Å². The molecule has 1 aliphatic rings. The summed E-state index contributed by atoms with van der Waals surface area (Å²) in [7, 11) is 0. The lowest BCUT2D eigenvalue weighted by atomic mass is 9.88. The van der Waals surface area contributed by atoms with Gasteiger partial charge in [0.15, 0.2) is 0 Å². The van der Waals surface area contributed by atoms with Crippen molar-refractivity contribution in [1.82, 2.24) is 4.90 Å². The number of halogens is 1. The minimum Gasteiger partial charge on any atom is -0.444 e. The van der Waals surface area contributed by atoms with Gasteiger partial charge in [-0.25, -0.2) is 9.18 Å². The molecule has 1 heterocycles. The average molecular weight is 319 g/mol. The molecule has 0 aliphatic carbocycles. The number of ether oxygens (including phenoxy) is 1. The number of hydrogen-bond donors (Lipinski definition) is 1. The Labute approximate surface area is 136 Å². The maximum Gasteiger partial charge on any atom is 0.410 e. The maximum absolute atomic E-state index is 13.3. The molecule has 0 radical (unpaired) electrons. The highest BCUT2D eigenvalue weighted by molar-refractivity contribution is 5.68. The second-order valence-electron chi connectivity index (χ2n) is 6.80. The van der Waals surface area contributed by atoms with Crippen LogP contribution in [0.25, 0.3) is 0 Å². The summed E-state index contributed by atoms with van der Waals surface area (Å²) in [6, 6.07) is 8.32. The molecule has 0 aromatic heterocycles. The van der Waals surface area contributed by atoms with Gasteiger partial charge in [-0.3, -0.25) is 0 Å². The molecular weight excluding hydrogens is 297 g/mol. The third-order valence-electron chi connectivity index (χ3n) is 3.69. The quantitative estimate of drug-likeness (QED) is 0.905. The first-order valence-electron chi connectivity index (χ1n) is 7.66. The topological polar surface area (TPSA) is 65.4 Å². The molecule has 1 saturated heterocycles. The van der Waals surface area contributed by atoms with Crippen molar-refractivity contribution in [2.24, 2.45) is 0 Å². The van der Waals surface area contributed by atoms with Crippen LogP contribution in [0.1, 0.15) is 33.6 Å². The third kappa shape index (κ3) is 4.59. The fourth-order valence-corrected chi connectivity index (χ4v) is 2.50. The van der Waals surface area contributed by atoms with E-state index in [4.69, 9.17) is 4.74 Å². The molecule has 0 unspecified atom stereocenters. The number of carbonyl (C=O) groups is 1. The Hall–Kier alpha value is -2.29. The summed E-state index contributed by atoms with van der Waals surface area (Å²) in [5, 5.41) is 12.7. The fourth-order valence-electron chi connectivity index (χ4n) is 2.50. The highest BCUT2D eigenvalue weighted by Gasteiger charge is 2.37. The first kappa shape index (κ1) is 17.1. The fraction of sp³-hybridized carbons (Fsp3) is 0.529. The normalized spacial score (nSPS) is 17.3. The standard InChI is InChI=1S/C17H22FN3O2/c1-16(2,3)23-15(22)21-9-7-17(12-19,8-10-21)20-14-6-4-5-13(18)11-14/h4-6,11,20H,7-10H2,1-3H3. The van der Waals surface area contributed by atoms with Crippen LogP contribution in [-0.2, 0) is 4.74 Å². The van der Waals surface area contributed by atoms with Crippen LogP contribution in [0.2, 0.25) is 0 Å². The third-order valence-corrected chi connectivity index (χ3v) is 3.69. The number of rotatable bonds is 2. The zero-order valence-corrected chi connectivity index (χ0v) is 13.7. The smallest absolute Gasteiger partial charge is 0.410 e. The van der Waals surface area contributed by atoms with Gasteiger partial charge in [0, 0.05) is 31.6 Å². The predicted octanol–water partition coefficient (Wildman–Crippen LogP) is 3.53. The van der Waals surface area contributed by atoms with Crippen molar-refractivity contribution in [1.29, 1.82) is 5.26 Å². The van der Waals surface area contributed by atoms with E-state index in [1.807, 2.05) is 20.8 Å². The highest BCUT2D eigenvalue weighted by Crippen LogP contribution is 2.27. The summed E-state index contributed by atoms with van der Waals surface area (Å²) >= 11 is 0. The largest absolute Gasteiger partial charge is 0.444 e. The van der Waals surface area contributed by atoms with Gasteiger partial charge >= 0.3 is 6.09 Å². The van der Waals surface area contributed by atoms with Crippen molar-refractivity contribution in [2.75, 3.05) is 18.4 Å². The van der Waals surface area contributed by atoms with Crippen LogP contribution in [0.3, 0.4) is 0 Å². The Bertz CT molecular complexity index is 611. The van der Waals surface area contributed by atoms with Crippen LogP contribution in [0, 0.1) is 17.1 Å². The molecule has 1 aliphatic heterocycles. The number of benzene rings is 1. The average Bonchev–Trinajstić information content (AvgIpc) is 2.46. The van der Waals surface area contributed by atoms with Gasteiger partial charge in [0.2, 0.25) is 0 Å². The highest BCUT2D eigenvalue weighted by atomic mass is 19.1. The summed E-state index contributed by atoms with van der Waals surface area (Å²) in [4.78, 5) is 13.7. The molecule has 0 saturated carbocycles. The molecule has 0 atom stereocenters. The van der Waals surface area contributed by atoms with Gasteiger partial charge in [0.1, 0.15) is 17.0 Å². The summed E-state index contributed by atoms with van der Waals surface area (Å²) in [5.41, 5.74) is -0.773. The Morgan fingerprint density at radius 2 is 2.04 bits per heavy atom. The molecule has 1 N–H and O–H groups in total. The second-order valence-corrected chi connectivity index (χ2v) is 6.80. The summed E-state index contributed by atoms with van der Waals surface area (Å²) in [5.74, 6) is -0.353. The maximum atomic E-state index is 13.3. The van der Waals surface area contributed by atoms with E-state index < -0.39 is 11.1 Å². The van der Waals surface area contributed by atoms with Gasteiger partial charge in [0.25, 0.3) is 0 Å². The van der Waals surface area contributed by atoms with Gasteiger partial charge in [-0.2, -0.15) is 5.26 Å². The predicted molar refractivity (Wildman–Crippen MR) is 85.4 cm³/mol. The molecule has 1 amide bonds. The van der Waals surface area contributed by atoms with E-state index in [1.165, 1.54) is 12.1 Å². The zero-order valence-electron chi connectivity index (χ0n) is 13.7. The van der Waals surface area contributed by atoms with Crippen LogP contribution >= 0.6 is 0 Å². The van der Waals surface area contributed by atoms with Crippen molar-refractivity contribution >= 4 is 11.8 Å². The van der Waals surface area contributed by atoms with Crippen LogP contribution in [0.5, 0.6) is 0 Å².